The molecule has 110 valence electrons. The minimum atomic E-state index is -4.25. The molecular weight excluding hydrogens is 261 g/mol. The van der Waals surface area contributed by atoms with E-state index in [-0.39, 0.29) is 6.54 Å². The molecule has 0 aromatic carbocycles. The molecule has 2 N–H and O–H groups in total. The molecule has 1 atom stereocenters. The predicted molar refractivity (Wildman–Crippen MR) is 65.2 cm³/mol. The Labute approximate surface area is 110 Å². The molecule has 2 aliphatic rings. The van der Waals surface area contributed by atoms with Gasteiger partial charge in [0.2, 0.25) is 0 Å². The van der Waals surface area contributed by atoms with Gasteiger partial charge >= 0.3 is 6.18 Å². The van der Waals surface area contributed by atoms with Crippen molar-refractivity contribution >= 4 is 5.96 Å². The van der Waals surface area contributed by atoms with E-state index < -0.39 is 12.2 Å². The molecule has 0 radical (unpaired) electrons. The zero-order chi connectivity index (χ0) is 13.7. The van der Waals surface area contributed by atoms with E-state index in [0.717, 1.165) is 13.0 Å². The van der Waals surface area contributed by atoms with Crippen LogP contribution in [0.15, 0.2) is 4.99 Å². The fourth-order valence-electron chi connectivity index (χ4n) is 2.19. The Hall–Kier alpha value is -1.02. The quantitative estimate of drug-likeness (QED) is 0.775. The zero-order valence-electron chi connectivity index (χ0n) is 10.7. The lowest BCUT2D eigenvalue weighted by Crippen LogP contribution is -2.56. The Kier molecular flexibility index (Phi) is 4.87. The first-order valence-electron chi connectivity index (χ1n) is 6.48. The summed E-state index contributed by atoms with van der Waals surface area (Å²) in [5.41, 5.74) is 0. The molecular formula is C11H19F3N4O. The van der Waals surface area contributed by atoms with Crippen molar-refractivity contribution in [1.29, 1.82) is 0 Å². The molecule has 5 nitrogen and oxygen atoms in total. The van der Waals surface area contributed by atoms with Gasteiger partial charge in [-0.05, 0) is 6.42 Å². The first-order valence-corrected chi connectivity index (χ1v) is 6.48. The second kappa shape index (κ2) is 6.42. The van der Waals surface area contributed by atoms with Crippen molar-refractivity contribution in [2.24, 2.45) is 4.99 Å². The average Bonchev–Trinajstić information content (AvgIpc) is 2.40. The summed E-state index contributed by atoms with van der Waals surface area (Å²) >= 11 is 0. The molecule has 2 aliphatic heterocycles. The maximum Gasteiger partial charge on any atom is 0.405 e. The van der Waals surface area contributed by atoms with Crippen molar-refractivity contribution in [3.63, 3.8) is 0 Å². The second-order valence-electron chi connectivity index (χ2n) is 4.60. The topological polar surface area (TPSA) is 48.9 Å². The zero-order valence-corrected chi connectivity index (χ0v) is 10.7. The van der Waals surface area contributed by atoms with Gasteiger partial charge < -0.3 is 15.4 Å². The number of nitrogens with one attached hydrogen (secondary N) is 2. The van der Waals surface area contributed by atoms with Crippen LogP contribution in [0.5, 0.6) is 0 Å². The summed E-state index contributed by atoms with van der Waals surface area (Å²) in [5, 5.41) is 5.72. The van der Waals surface area contributed by atoms with Crippen LogP contribution < -0.4 is 10.6 Å². The fraction of sp³-hybridized carbons (Fsp3) is 0.909. The standard InChI is InChI=1S/C11H19F3N4O/c12-11(13,14)9(18-4-6-19-7-5-18)8-17-10-15-2-1-3-16-10/h9H,1-8H2,(H2,15,16,17). The van der Waals surface area contributed by atoms with Crippen molar-refractivity contribution in [2.75, 3.05) is 45.9 Å². The summed E-state index contributed by atoms with van der Waals surface area (Å²) in [6.45, 7) is 2.55. The van der Waals surface area contributed by atoms with Gasteiger partial charge in [0.25, 0.3) is 0 Å². The third-order valence-corrected chi connectivity index (χ3v) is 3.22. The van der Waals surface area contributed by atoms with Gasteiger partial charge in [-0.25, -0.2) is 0 Å². The average molecular weight is 280 g/mol. The minimum absolute atomic E-state index is 0.185. The van der Waals surface area contributed by atoms with Gasteiger partial charge in [0, 0.05) is 32.7 Å². The summed E-state index contributed by atoms with van der Waals surface area (Å²) in [5.74, 6) is 0.466. The highest BCUT2D eigenvalue weighted by molar-refractivity contribution is 5.80. The van der Waals surface area contributed by atoms with Gasteiger partial charge in [-0.3, -0.25) is 9.89 Å². The largest absolute Gasteiger partial charge is 0.405 e. The molecule has 19 heavy (non-hydrogen) atoms. The Morgan fingerprint density at radius 2 is 2.11 bits per heavy atom. The van der Waals surface area contributed by atoms with Crippen molar-refractivity contribution in [3.05, 3.63) is 0 Å². The first kappa shape index (κ1) is 14.4. The predicted octanol–water partition coefficient (Wildman–Crippen LogP) is 0.188. The summed E-state index contributed by atoms with van der Waals surface area (Å²) in [4.78, 5) is 5.53. The molecule has 0 aromatic heterocycles. The van der Waals surface area contributed by atoms with E-state index in [4.69, 9.17) is 4.74 Å². The molecule has 0 aromatic rings. The molecule has 2 rings (SSSR count). The van der Waals surface area contributed by atoms with Gasteiger partial charge in [0.1, 0.15) is 6.04 Å². The summed E-state index contributed by atoms with van der Waals surface area (Å²) in [7, 11) is 0. The molecule has 8 heteroatoms. The lowest BCUT2D eigenvalue weighted by atomic mass is 10.2. The smallest absolute Gasteiger partial charge is 0.379 e. The molecule has 2 heterocycles. The maximum absolute atomic E-state index is 13.1. The van der Waals surface area contributed by atoms with Crippen molar-refractivity contribution in [1.82, 2.24) is 15.5 Å². The van der Waals surface area contributed by atoms with E-state index in [0.29, 0.717) is 38.8 Å². The van der Waals surface area contributed by atoms with Gasteiger partial charge in [0.05, 0.1) is 13.2 Å². The molecule has 0 aliphatic carbocycles. The van der Waals surface area contributed by atoms with Crippen molar-refractivity contribution in [2.45, 2.75) is 18.6 Å². The molecule has 0 amide bonds. The van der Waals surface area contributed by atoms with Crippen LogP contribution in [0.4, 0.5) is 13.2 Å². The molecule has 0 bridgehead atoms. The van der Waals surface area contributed by atoms with Crippen LogP contribution in [0.3, 0.4) is 0 Å². The SMILES string of the molecule is FC(F)(F)C(CNC1=NCCCN1)N1CCOCC1. The summed E-state index contributed by atoms with van der Waals surface area (Å²) < 4.78 is 44.3. The van der Waals surface area contributed by atoms with E-state index in [9.17, 15) is 13.2 Å². The summed E-state index contributed by atoms with van der Waals surface area (Å²) in [6, 6.07) is -1.50. The van der Waals surface area contributed by atoms with Crippen LogP contribution >= 0.6 is 0 Å². The summed E-state index contributed by atoms with van der Waals surface area (Å²) in [6.07, 6.45) is -3.34. The Balaban J connectivity index is 1.91. The van der Waals surface area contributed by atoms with Crippen molar-refractivity contribution < 1.29 is 17.9 Å². The second-order valence-corrected chi connectivity index (χ2v) is 4.60. The van der Waals surface area contributed by atoms with E-state index in [1.165, 1.54) is 4.90 Å². The van der Waals surface area contributed by atoms with E-state index in [2.05, 4.69) is 15.6 Å². The van der Waals surface area contributed by atoms with Crippen LogP contribution in [-0.2, 0) is 4.74 Å². The number of halogens is 3. The van der Waals surface area contributed by atoms with E-state index in [1.54, 1.807) is 0 Å². The van der Waals surface area contributed by atoms with Gasteiger partial charge in [-0.2, -0.15) is 13.2 Å². The van der Waals surface area contributed by atoms with Crippen molar-refractivity contribution in [3.8, 4) is 0 Å². The highest BCUT2D eigenvalue weighted by Crippen LogP contribution is 2.25. The lowest BCUT2D eigenvalue weighted by molar-refractivity contribution is -0.189. The lowest BCUT2D eigenvalue weighted by Gasteiger charge is -2.35. The van der Waals surface area contributed by atoms with Gasteiger partial charge in [-0.1, -0.05) is 0 Å². The minimum Gasteiger partial charge on any atom is -0.379 e. The van der Waals surface area contributed by atoms with Crippen LogP contribution in [0, 0.1) is 0 Å². The Bertz CT molecular complexity index is 316. The van der Waals surface area contributed by atoms with Crippen LogP contribution in [0.25, 0.3) is 0 Å². The molecule has 0 spiro atoms. The maximum atomic E-state index is 13.1. The third-order valence-electron chi connectivity index (χ3n) is 3.22. The number of hydrogen-bond donors (Lipinski definition) is 2. The molecule has 1 saturated heterocycles. The fourth-order valence-corrected chi connectivity index (χ4v) is 2.19. The number of alkyl halides is 3. The monoisotopic (exact) mass is 280 g/mol. The Morgan fingerprint density at radius 3 is 2.68 bits per heavy atom. The first-order chi connectivity index (χ1) is 9.07. The number of aliphatic imine (C=N–C) groups is 1. The normalized spacial score (nSPS) is 23.4. The van der Waals surface area contributed by atoms with E-state index >= 15 is 0 Å². The van der Waals surface area contributed by atoms with Crippen LogP contribution in [0.1, 0.15) is 6.42 Å². The number of nitrogens with zero attached hydrogens (tertiary/aromatic N) is 2. The highest BCUT2D eigenvalue weighted by atomic mass is 19.4. The van der Waals surface area contributed by atoms with Crippen LogP contribution in [-0.4, -0.2) is 69.0 Å². The number of rotatable bonds is 3. The highest BCUT2D eigenvalue weighted by Gasteiger charge is 2.43. The number of morpholine rings is 1. The third kappa shape index (κ3) is 4.24. The van der Waals surface area contributed by atoms with Gasteiger partial charge in [-0.15, -0.1) is 0 Å². The number of hydrogen-bond acceptors (Lipinski definition) is 5. The Morgan fingerprint density at radius 1 is 1.37 bits per heavy atom. The molecule has 0 saturated carbocycles. The van der Waals surface area contributed by atoms with Crippen LogP contribution in [0.2, 0.25) is 0 Å². The number of guanidine groups is 1. The van der Waals surface area contributed by atoms with E-state index in [1.807, 2.05) is 0 Å². The number of ether oxygens (including phenoxy) is 1. The molecule has 1 fully saturated rings. The molecule has 1 unspecified atom stereocenters. The van der Waals surface area contributed by atoms with Gasteiger partial charge in [0.15, 0.2) is 5.96 Å².